The number of halogens is 2. The van der Waals surface area contributed by atoms with Gasteiger partial charge < -0.3 is 10.8 Å². The van der Waals surface area contributed by atoms with Crippen LogP contribution in [-0.4, -0.2) is 18.1 Å². The van der Waals surface area contributed by atoms with Gasteiger partial charge in [0.25, 0.3) is 0 Å². The van der Waals surface area contributed by atoms with E-state index >= 15 is 0 Å². The zero-order valence-corrected chi connectivity index (χ0v) is 7.87. The molecule has 0 saturated carbocycles. The molecule has 2 nitrogen and oxygen atoms in total. The second-order valence-electron chi connectivity index (χ2n) is 3.47. The van der Waals surface area contributed by atoms with Crippen LogP contribution in [0, 0.1) is 0 Å². The summed E-state index contributed by atoms with van der Waals surface area (Å²) in [4.78, 5) is 0. The van der Waals surface area contributed by atoms with E-state index in [1.54, 1.807) is 6.07 Å². The fraction of sp³-hybridized carbons (Fsp3) is 0.400. The summed E-state index contributed by atoms with van der Waals surface area (Å²) in [6.45, 7) is 1.22. The summed E-state index contributed by atoms with van der Waals surface area (Å²) >= 11 is 0. The third-order valence-electron chi connectivity index (χ3n) is 2.41. The van der Waals surface area contributed by atoms with Crippen molar-refractivity contribution in [2.45, 2.75) is 18.8 Å². The minimum absolute atomic E-state index is 0.0252. The van der Waals surface area contributed by atoms with Crippen LogP contribution in [0.25, 0.3) is 0 Å². The highest BCUT2D eigenvalue weighted by molar-refractivity contribution is 5.33. The molecule has 1 atom stereocenters. The molecule has 1 rings (SSSR count). The smallest absolute Gasteiger partial charge is 0.249 e. The van der Waals surface area contributed by atoms with Crippen LogP contribution in [0.5, 0.6) is 5.75 Å². The van der Waals surface area contributed by atoms with Crippen LogP contribution in [0.3, 0.4) is 0 Å². The predicted molar refractivity (Wildman–Crippen MR) is 50.5 cm³/mol. The third kappa shape index (κ3) is 1.85. The molecule has 78 valence electrons. The maximum atomic E-state index is 12.7. The van der Waals surface area contributed by atoms with Gasteiger partial charge in [-0.3, -0.25) is 0 Å². The lowest BCUT2D eigenvalue weighted by molar-refractivity contribution is 0.0637. The SMILES string of the molecule is CC(CN)(c1cccc(O)c1)C(F)F. The van der Waals surface area contributed by atoms with Crippen molar-refractivity contribution in [2.75, 3.05) is 6.54 Å². The molecule has 0 aliphatic heterocycles. The average Bonchev–Trinajstić information content (AvgIpc) is 2.16. The van der Waals surface area contributed by atoms with E-state index in [-0.39, 0.29) is 12.3 Å². The Labute approximate surface area is 81.4 Å². The Kier molecular flexibility index (Phi) is 3.06. The minimum atomic E-state index is -2.55. The largest absolute Gasteiger partial charge is 0.508 e. The topological polar surface area (TPSA) is 46.2 Å². The molecule has 1 aromatic carbocycles. The van der Waals surface area contributed by atoms with E-state index < -0.39 is 11.8 Å². The van der Waals surface area contributed by atoms with Crippen LogP contribution < -0.4 is 5.73 Å². The van der Waals surface area contributed by atoms with Crippen molar-refractivity contribution in [3.8, 4) is 5.75 Å². The summed E-state index contributed by atoms with van der Waals surface area (Å²) in [6.07, 6.45) is -2.55. The van der Waals surface area contributed by atoms with Crippen molar-refractivity contribution >= 4 is 0 Å². The molecule has 14 heavy (non-hydrogen) atoms. The maximum Gasteiger partial charge on any atom is 0.249 e. The molecule has 0 aliphatic rings. The minimum Gasteiger partial charge on any atom is -0.508 e. The monoisotopic (exact) mass is 201 g/mol. The highest BCUT2D eigenvalue weighted by Crippen LogP contribution is 2.31. The molecule has 1 aromatic rings. The first kappa shape index (κ1) is 10.9. The van der Waals surface area contributed by atoms with Gasteiger partial charge >= 0.3 is 0 Å². The van der Waals surface area contributed by atoms with Gasteiger partial charge in [0, 0.05) is 6.54 Å². The van der Waals surface area contributed by atoms with Crippen LogP contribution in [0.4, 0.5) is 8.78 Å². The second kappa shape index (κ2) is 3.92. The van der Waals surface area contributed by atoms with Crippen LogP contribution in [0.2, 0.25) is 0 Å². The molecule has 1 unspecified atom stereocenters. The lowest BCUT2D eigenvalue weighted by Crippen LogP contribution is -2.38. The number of hydrogen-bond donors (Lipinski definition) is 2. The van der Waals surface area contributed by atoms with Crippen LogP contribution in [0.1, 0.15) is 12.5 Å². The zero-order chi connectivity index (χ0) is 10.8. The van der Waals surface area contributed by atoms with E-state index in [4.69, 9.17) is 10.8 Å². The van der Waals surface area contributed by atoms with Gasteiger partial charge in [-0.25, -0.2) is 8.78 Å². The molecular formula is C10H13F2NO. The summed E-state index contributed by atoms with van der Waals surface area (Å²) in [5, 5.41) is 9.17. The number of nitrogens with two attached hydrogens (primary N) is 1. The van der Waals surface area contributed by atoms with E-state index in [1.165, 1.54) is 25.1 Å². The molecule has 0 heterocycles. The highest BCUT2D eigenvalue weighted by Gasteiger charge is 2.35. The number of phenols is 1. The Morgan fingerprint density at radius 1 is 1.50 bits per heavy atom. The van der Waals surface area contributed by atoms with Gasteiger partial charge in [-0.2, -0.15) is 0 Å². The van der Waals surface area contributed by atoms with Crippen molar-refractivity contribution < 1.29 is 13.9 Å². The molecule has 3 N–H and O–H groups in total. The fourth-order valence-corrected chi connectivity index (χ4v) is 1.19. The summed E-state index contributed by atoms with van der Waals surface area (Å²) in [5.74, 6) is -0.0252. The number of benzene rings is 1. The van der Waals surface area contributed by atoms with Gasteiger partial charge in [0.05, 0.1) is 5.41 Å². The number of aromatic hydroxyl groups is 1. The third-order valence-corrected chi connectivity index (χ3v) is 2.41. The summed E-state index contributed by atoms with van der Waals surface area (Å²) in [5.41, 5.74) is 4.29. The van der Waals surface area contributed by atoms with Crippen LogP contribution in [-0.2, 0) is 5.41 Å². The van der Waals surface area contributed by atoms with Crippen LogP contribution in [0.15, 0.2) is 24.3 Å². The van der Waals surface area contributed by atoms with E-state index in [0.29, 0.717) is 5.56 Å². The molecular weight excluding hydrogens is 188 g/mol. The Morgan fingerprint density at radius 3 is 2.57 bits per heavy atom. The van der Waals surface area contributed by atoms with Gasteiger partial charge in [0.15, 0.2) is 0 Å². The van der Waals surface area contributed by atoms with Crippen molar-refractivity contribution in [3.63, 3.8) is 0 Å². The van der Waals surface area contributed by atoms with Crippen molar-refractivity contribution in [2.24, 2.45) is 5.73 Å². The quantitative estimate of drug-likeness (QED) is 0.784. The normalized spacial score (nSPS) is 15.5. The first-order valence-corrected chi connectivity index (χ1v) is 4.28. The molecule has 0 aromatic heterocycles. The first-order chi connectivity index (χ1) is 6.50. The van der Waals surface area contributed by atoms with Gasteiger partial charge in [0.1, 0.15) is 5.75 Å². The summed E-state index contributed by atoms with van der Waals surface area (Å²) in [7, 11) is 0. The molecule has 0 aliphatic carbocycles. The van der Waals surface area contributed by atoms with E-state index in [0.717, 1.165) is 0 Å². The Balaban J connectivity index is 3.12. The highest BCUT2D eigenvalue weighted by atomic mass is 19.3. The van der Waals surface area contributed by atoms with E-state index in [2.05, 4.69) is 0 Å². The fourth-order valence-electron chi connectivity index (χ4n) is 1.19. The summed E-state index contributed by atoms with van der Waals surface area (Å²) in [6, 6.07) is 5.82. The van der Waals surface area contributed by atoms with Gasteiger partial charge in [0.2, 0.25) is 6.43 Å². The molecule has 0 amide bonds. The predicted octanol–water partition coefficient (Wildman–Crippen LogP) is 1.87. The second-order valence-corrected chi connectivity index (χ2v) is 3.47. The average molecular weight is 201 g/mol. The number of hydrogen-bond acceptors (Lipinski definition) is 2. The van der Waals surface area contributed by atoms with Crippen molar-refractivity contribution in [1.82, 2.24) is 0 Å². The van der Waals surface area contributed by atoms with Gasteiger partial charge in [-0.1, -0.05) is 12.1 Å². The molecule has 0 fully saturated rings. The van der Waals surface area contributed by atoms with E-state index in [1.807, 2.05) is 0 Å². The standard InChI is InChI=1S/C10H13F2NO/c1-10(6-13,9(11)12)7-3-2-4-8(14)5-7/h2-5,9,14H,6,13H2,1H3. The molecule has 0 bridgehead atoms. The Morgan fingerprint density at radius 2 is 2.14 bits per heavy atom. The summed E-state index contributed by atoms with van der Waals surface area (Å²) < 4.78 is 25.5. The van der Waals surface area contributed by atoms with Crippen molar-refractivity contribution in [3.05, 3.63) is 29.8 Å². The molecule has 4 heteroatoms. The Hall–Kier alpha value is -1.16. The van der Waals surface area contributed by atoms with Gasteiger partial charge in [-0.15, -0.1) is 0 Å². The van der Waals surface area contributed by atoms with E-state index in [9.17, 15) is 8.78 Å². The number of rotatable bonds is 3. The molecule has 0 spiro atoms. The molecule has 0 saturated heterocycles. The Bertz CT molecular complexity index is 317. The number of alkyl halides is 2. The lowest BCUT2D eigenvalue weighted by Gasteiger charge is -2.27. The molecule has 0 radical (unpaired) electrons. The number of phenolic OH excluding ortho intramolecular Hbond substituents is 1. The van der Waals surface area contributed by atoms with Crippen molar-refractivity contribution in [1.29, 1.82) is 0 Å². The van der Waals surface area contributed by atoms with Crippen LogP contribution >= 0.6 is 0 Å². The first-order valence-electron chi connectivity index (χ1n) is 4.28. The maximum absolute atomic E-state index is 12.7. The van der Waals surface area contributed by atoms with Gasteiger partial charge in [-0.05, 0) is 24.6 Å². The lowest BCUT2D eigenvalue weighted by atomic mass is 9.83. The zero-order valence-electron chi connectivity index (χ0n) is 7.87.